The van der Waals surface area contributed by atoms with Gasteiger partial charge in [-0.2, -0.15) is 0 Å². The van der Waals surface area contributed by atoms with Gasteiger partial charge in [0.1, 0.15) is 6.73 Å². The molecule has 0 aliphatic rings. The van der Waals surface area contributed by atoms with Gasteiger partial charge in [0.05, 0.1) is 6.61 Å². The number of hydrogen-bond acceptors (Lipinski definition) is 3. The molecule has 10 heavy (non-hydrogen) atoms. The van der Waals surface area contributed by atoms with Gasteiger partial charge in [-0.25, -0.2) is 4.79 Å². The van der Waals surface area contributed by atoms with Crippen LogP contribution in [-0.2, 0) is 4.74 Å². The molecule has 1 amide bonds. The van der Waals surface area contributed by atoms with Crippen LogP contribution in [0.2, 0.25) is 0 Å². The molecule has 4 nitrogen and oxygen atoms in total. The van der Waals surface area contributed by atoms with E-state index >= 15 is 0 Å². The van der Waals surface area contributed by atoms with Gasteiger partial charge in [-0.15, -0.1) is 0 Å². The maximum absolute atomic E-state index is 10.5. The van der Waals surface area contributed by atoms with Crippen LogP contribution in [0.5, 0.6) is 0 Å². The first-order valence-corrected chi connectivity index (χ1v) is 3.18. The molecule has 0 aromatic heterocycles. The zero-order valence-corrected chi connectivity index (χ0v) is 6.26. The minimum atomic E-state index is -0.573. The summed E-state index contributed by atoms with van der Waals surface area (Å²) in [5.74, 6) is 0.324. The molecule has 0 aliphatic carbocycles. The van der Waals surface area contributed by atoms with Crippen molar-refractivity contribution in [2.45, 2.75) is 13.8 Å². The lowest BCUT2D eigenvalue weighted by molar-refractivity contribution is 0.122. The molecule has 0 spiro atoms. The molecule has 2 N–H and O–H groups in total. The molecule has 0 aromatic rings. The number of alkyl carbamates (subject to hydrolysis) is 1. The summed E-state index contributed by atoms with van der Waals surface area (Å²) in [6.45, 7) is 3.88. The lowest BCUT2D eigenvalue weighted by Gasteiger charge is -2.06. The van der Waals surface area contributed by atoms with Crippen LogP contribution >= 0.6 is 0 Å². The first-order chi connectivity index (χ1) is 4.66. The number of ether oxygens (including phenoxy) is 1. The molecular formula is C6H13NO3. The van der Waals surface area contributed by atoms with Gasteiger partial charge in [-0.05, 0) is 5.92 Å². The predicted molar refractivity (Wildman–Crippen MR) is 36.4 cm³/mol. The highest BCUT2D eigenvalue weighted by Gasteiger charge is 2.00. The first kappa shape index (κ1) is 9.23. The Morgan fingerprint density at radius 3 is 2.70 bits per heavy atom. The average molecular weight is 147 g/mol. The number of carbonyl (C=O) groups excluding carboxylic acids is 1. The molecule has 0 unspecified atom stereocenters. The van der Waals surface area contributed by atoms with Crippen molar-refractivity contribution in [3.05, 3.63) is 0 Å². The fraction of sp³-hybridized carbons (Fsp3) is 0.833. The standard InChI is InChI=1S/C6H13NO3/c1-5(2)3-10-6(9)7-4-8/h5,8H,3-4H2,1-2H3,(H,7,9). The highest BCUT2D eigenvalue weighted by Crippen LogP contribution is 1.91. The van der Waals surface area contributed by atoms with Gasteiger partial charge >= 0.3 is 6.09 Å². The Morgan fingerprint density at radius 1 is 1.70 bits per heavy atom. The van der Waals surface area contributed by atoms with E-state index in [1.807, 2.05) is 13.8 Å². The van der Waals surface area contributed by atoms with E-state index in [1.165, 1.54) is 0 Å². The van der Waals surface area contributed by atoms with Crippen molar-refractivity contribution in [2.75, 3.05) is 13.3 Å². The molecular weight excluding hydrogens is 134 g/mol. The molecule has 0 radical (unpaired) electrons. The minimum Gasteiger partial charge on any atom is -0.449 e. The average Bonchev–Trinajstić information content (AvgIpc) is 1.85. The van der Waals surface area contributed by atoms with Crippen molar-refractivity contribution in [1.29, 1.82) is 0 Å². The van der Waals surface area contributed by atoms with Crippen LogP contribution in [0.25, 0.3) is 0 Å². The normalized spacial score (nSPS) is 9.60. The molecule has 0 heterocycles. The molecule has 0 aromatic carbocycles. The quantitative estimate of drug-likeness (QED) is 0.565. The summed E-state index contributed by atoms with van der Waals surface area (Å²) in [7, 11) is 0. The maximum atomic E-state index is 10.5. The van der Waals surface area contributed by atoms with Gasteiger partial charge in [0.2, 0.25) is 0 Å². The molecule has 0 rings (SSSR count). The highest BCUT2D eigenvalue weighted by atomic mass is 16.5. The molecule has 0 bridgehead atoms. The third-order valence-electron chi connectivity index (χ3n) is 0.771. The lowest BCUT2D eigenvalue weighted by atomic mass is 10.2. The molecule has 0 aliphatic heterocycles. The van der Waals surface area contributed by atoms with E-state index in [2.05, 4.69) is 10.1 Å². The SMILES string of the molecule is CC(C)COC(=O)NCO. The largest absolute Gasteiger partial charge is 0.449 e. The molecule has 4 heteroatoms. The van der Waals surface area contributed by atoms with E-state index in [4.69, 9.17) is 5.11 Å². The number of aliphatic hydroxyl groups excluding tert-OH is 1. The number of carbonyl (C=O) groups is 1. The summed E-state index contributed by atoms with van der Waals surface area (Å²) in [5, 5.41) is 10.3. The third-order valence-corrected chi connectivity index (χ3v) is 0.771. The van der Waals surface area contributed by atoms with Crippen molar-refractivity contribution in [3.8, 4) is 0 Å². The van der Waals surface area contributed by atoms with E-state index in [-0.39, 0.29) is 6.73 Å². The van der Waals surface area contributed by atoms with Crippen LogP contribution in [0.3, 0.4) is 0 Å². The molecule has 0 saturated carbocycles. The van der Waals surface area contributed by atoms with Gasteiger partial charge < -0.3 is 9.84 Å². The number of hydrogen-bond donors (Lipinski definition) is 2. The maximum Gasteiger partial charge on any atom is 0.408 e. The topological polar surface area (TPSA) is 58.6 Å². The van der Waals surface area contributed by atoms with Gasteiger partial charge in [0, 0.05) is 0 Å². The first-order valence-electron chi connectivity index (χ1n) is 3.18. The van der Waals surface area contributed by atoms with Crippen LogP contribution < -0.4 is 5.32 Å². The van der Waals surface area contributed by atoms with Crippen LogP contribution in [0, 0.1) is 5.92 Å². The summed E-state index contributed by atoms with van der Waals surface area (Å²) >= 11 is 0. The van der Waals surface area contributed by atoms with Crippen LogP contribution in [0.15, 0.2) is 0 Å². The molecule has 60 valence electrons. The second-order valence-corrected chi connectivity index (χ2v) is 2.33. The Bertz CT molecular complexity index is 103. The van der Waals surface area contributed by atoms with Gasteiger partial charge in [-0.3, -0.25) is 5.32 Å². The Morgan fingerprint density at radius 2 is 2.30 bits per heavy atom. The summed E-state index contributed by atoms with van der Waals surface area (Å²) in [5.41, 5.74) is 0. The van der Waals surface area contributed by atoms with E-state index in [1.54, 1.807) is 0 Å². The van der Waals surface area contributed by atoms with E-state index < -0.39 is 6.09 Å². The Kier molecular flexibility index (Phi) is 4.66. The Balaban J connectivity index is 3.22. The number of aliphatic hydroxyl groups is 1. The van der Waals surface area contributed by atoms with Crippen LogP contribution in [-0.4, -0.2) is 24.5 Å². The van der Waals surface area contributed by atoms with E-state index in [0.717, 1.165) is 0 Å². The summed E-state index contributed by atoms with van der Waals surface area (Å²) in [4.78, 5) is 10.5. The monoisotopic (exact) mass is 147 g/mol. The predicted octanol–water partition coefficient (Wildman–Crippen LogP) is 0.318. The van der Waals surface area contributed by atoms with Gasteiger partial charge in [0.15, 0.2) is 0 Å². The van der Waals surface area contributed by atoms with Crippen LogP contribution in [0.4, 0.5) is 4.79 Å². The molecule has 0 saturated heterocycles. The fourth-order valence-corrected chi connectivity index (χ4v) is 0.358. The third kappa shape index (κ3) is 5.37. The summed E-state index contributed by atoms with van der Waals surface area (Å²) < 4.78 is 4.63. The molecule has 0 fully saturated rings. The van der Waals surface area contributed by atoms with Crippen molar-refractivity contribution in [3.63, 3.8) is 0 Å². The zero-order chi connectivity index (χ0) is 7.98. The lowest BCUT2D eigenvalue weighted by Crippen LogP contribution is -2.26. The number of rotatable bonds is 3. The Labute approximate surface area is 60.2 Å². The van der Waals surface area contributed by atoms with Crippen LogP contribution in [0.1, 0.15) is 13.8 Å². The summed E-state index contributed by atoms with van der Waals surface area (Å²) in [6, 6.07) is 0. The van der Waals surface area contributed by atoms with E-state index in [9.17, 15) is 4.79 Å². The van der Waals surface area contributed by atoms with Gasteiger partial charge in [-0.1, -0.05) is 13.8 Å². The fourth-order valence-electron chi connectivity index (χ4n) is 0.358. The second-order valence-electron chi connectivity index (χ2n) is 2.33. The Hall–Kier alpha value is -0.770. The zero-order valence-electron chi connectivity index (χ0n) is 6.26. The van der Waals surface area contributed by atoms with Crippen molar-refractivity contribution < 1.29 is 14.6 Å². The van der Waals surface area contributed by atoms with E-state index in [0.29, 0.717) is 12.5 Å². The highest BCUT2D eigenvalue weighted by molar-refractivity contribution is 5.66. The van der Waals surface area contributed by atoms with Crippen molar-refractivity contribution in [2.24, 2.45) is 5.92 Å². The smallest absolute Gasteiger partial charge is 0.408 e. The minimum absolute atomic E-state index is 0.324. The van der Waals surface area contributed by atoms with Crippen molar-refractivity contribution >= 4 is 6.09 Å². The number of amides is 1. The second kappa shape index (κ2) is 5.05. The number of nitrogens with one attached hydrogen (secondary N) is 1. The van der Waals surface area contributed by atoms with Gasteiger partial charge in [0.25, 0.3) is 0 Å². The van der Waals surface area contributed by atoms with Crippen molar-refractivity contribution in [1.82, 2.24) is 5.32 Å². The summed E-state index contributed by atoms with van der Waals surface area (Å²) in [6.07, 6.45) is -0.573. The molecule has 0 atom stereocenters.